The summed E-state index contributed by atoms with van der Waals surface area (Å²) in [4.78, 5) is 25.1. The Balaban J connectivity index is 1.43. The van der Waals surface area contributed by atoms with Gasteiger partial charge in [0, 0.05) is 12.1 Å². The summed E-state index contributed by atoms with van der Waals surface area (Å²) in [5.74, 6) is 0.894. The molecule has 2 amide bonds. The summed E-state index contributed by atoms with van der Waals surface area (Å²) >= 11 is 0. The van der Waals surface area contributed by atoms with Crippen molar-refractivity contribution in [2.75, 3.05) is 23.7 Å². The van der Waals surface area contributed by atoms with Crippen LogP contribution in [-0.4, -0.2) is 24.9 Å². The fraction of sp³-hybridized carbons (Fsp3) is 0.417. The van der Waals surface area contributed by atoms with Gasteiger partial charge in [0.25, 0.3) is 5.91 Å². The number of anilines is 2. The van der Waals surface area contributed by atoms with E-state index in [9.17, 15) is 9.59 Å². The van der Waals surface area contributed by atoms with Crippen LogP contribution in [0.3, 0.4) is 0 Å². The topological polar surface area (TPSA) is 96.2 Å². The first kappa shape index (κ1) is 20.4. The number of benzene rings is 2. The molecule has 4 rings (SSSR count). The van der Waals surface area contributed by atoms with Gasteiger partial charge >= 0.3 is 0 Å². The summed E-state index contributed by atoms with van der Waals surface area (Å²) in [5.41, 5.74) is 8.91. The largest absolute Gasteiger partial charge is 0.376 e. The predicted octanol–water partition coefficient (Wildman–Crippen LogP) is 3.68. The van der Waals surface area contributed by atoms with Crippen LogP contribution in [0, 0.1) is 11.8 Å². The van der Waals surface area contributed by atoms with Crippen molar-refractivity contribution < 1.29 is 9.59 Å². The van der Waals surface area contributed by atoms with E-state index in [4.69, 9.17) is 5.73 Å². The van der Waals surface area contributed by atoms with Crippen LogP contribution in [0.4, 0.5) is 11.4 Å². The van der Waals surface area contributed by atoms with Gasteiger partial charge in [-0.15, -0.1) is 0 Å². The molecule has 5 N–H and O–H groups in total. The minimum absolute atomic E-state index is 0.0670. The molecule has 2 aromatic carbocycles. The normalized spacial score (nSPS) is 23.5. The van der Waals surface area contributed by atoms with Crippen molar-refractivity contribution in [3.05, 3.63) is 59.7 Å². The van der Waals surface area contributed by atoms with E-state index >= 15 is 0 Å². The average Bonchev–Trinajstić information content (AvgIpc) is 2.95. The monoisotopic (exact) mass is 406 g/mol. The minimum Gasteiger partial charge on any atom is -0.376 e. The number of nitrogens with one attached hydrogen (secondary N) is 3. The standard InChI is InChI=1S/C24H30N4O2/c25-14-16-5-4-6-17(11-16)15-26-24(30)19-9-10-20-22(12-19)28-23(29)13-21(27-20)18-7-2-1-3-8-18/h1-3,7-10,12,16-17,21,27H,4-6,11,13-15,25H2,(H,26,30)(H,28,29). The molecule has 1 saturated carbocycles. The second kappa shape index (κ2) is 9.30. The van der Waals surface area contributed by atoms with Crippen molar-refractivity contribution >= 4 is 23.2 Å². The quantitative estimate of drug-likeness (QED) is 0.609. The SMILES string of the molecule is NCC1CCCC(CNC(=O)c2ccc3c(c2)NC(=O)CC(c2ccccc2)N3)C1. The zero-order chi connectivity index (χ0) is 20.9. The van der Waals surface area contributed by atoms with Gasteiger partial charge in [0.1, 0.15) is 0 Å². The fourth-order valence-electron chi connectivity index (χ4n) is 4.57. The Morgan fingerprint density at radius 2 is 1.87 bits per heavy atom. The third kappa shape index (κ3) is 4.82. The van der Waals surface area contributed by atoms with E-state index < -0.39 is 0 Å². The second-order valence-electron chi connectivity index (χ2n) is 8.46. The first-order chi connectivity index (χ1) is 14.6. The van der Waals surface area contributed by atoms with Gasteiger partial charge in [0.2, 0.25) is 5.91 Å². The van der Waals surface area contributed by atoms with E-state index in [2.05, 4.69) is 16.0 Å². The Hall–Kier alpha value is -2.86. The van der Waals surface area contributed by atoms with Gasteiger partial charge in [-0.25, -0.2) is 0 Å². The molecule has 3 atom stereocenters. The highest BCUT2D eigenvalue weighted by Crippen LogP contribution is 2.33. The summed E-state index contributed by atoms with van der Waals surface area (Å²) in [6, 6.07) is 15.3. The van der Waals surface area contributed by atoms with E-state index in [0.29, 0.717) is 36.1 Å². The highest BCUT2D eigenvalue weighted by atomic mass is 16.2. The number of fused-ring (bicyclic) bond motifs is 1. The third-order valence-corrected chi connectivity index (χ3v) is 6.25. The van der Waals surface area contributed by atoms with Gasteiger partial charge in [-0.05, 0) is 61.4 Å². The summed E-state index contributed by atoms with van der Waals surface area (Å²) in [6.07, 6.45) is 4.94. The van der Waals surface area contributed by atoms with Gasteiger partial charge in [0.05, 0.1) is 23.8 Å². The number of carbonyl (C=O) groups is 2. The molecule has 2 aromatic rings. The molecule has 1 fully saturated rings. The Bertz CT molecular complexity index is 899. The minimum atomic E-state index is -0.106. The zero-order valence-electron chi connectivity index (χ0n) is 17.2. The molecular formula is C24H30N4O2. The molecule has 30 heavy (non-hydrogen) atoms. The van der Waals surface area contributed by atoms with E-state index in [1.165, 1.54) is 12.8 Å². The van der Waals surface area contributed by atoms with Gasteiger partial charge in [-0.3, -0.25) is 9.59 Å². The maximum absolute atomic E-state index is 12.7. The molecule has 1 aliphatic heterocycles. The number of nitrogens with two attached hydrogens (primary N) is 1. The van der Waals surface area contributed by atoms with Crippen molar-refractivity contribution in [2.45, 2.75) is 38.1 Å². The lowest BCUT2D eigenvalue weighted by Gasteiger charge is -2.28. The molecule has 1 heterocycles. The maximum Gasteiger partial charge on any atom is 0.251 e. The summed E-state index contributed by atoms with van der Waals surface area (Å²) in [5, 5.41) is 9.45. The van der Waals surface area contributed by atoms with Crippen LogP contribution in [0.5, 0.6) is 0 Å². The van der Waals surface area contributed by atoms with Crippen molar-refractivity contribution in [2.24, 2.45) is 17.6 Å². The number of hydrogen-bond acceptors (Lipinski definition) is 4. The van der Waals surface area contributed by atoms with E-state index in [-0.39, 0.29) is 17.9 Å². The smallest absolute Gasteiger partial charge is 0.251 e. The van der Waals surface area contributed by atoms with Gasteiger partial charge in [-0.2, -0.15) is 0 Å². The Morgan fingerprint density at radius 3 is 2.67 bits per heavy atom. The molecular weight excluding hydrogens is 376 g/mol. The van der Waals surface area contributed by atoms with Crippen molar-refractivity contribution in [3.63, 3.8) is 0 Å². The lowest BCUT2D eigenvalue weighted by atomic mass is 9.81. The van der Waals surface area contributed by atoms with E-state index in [1.54, 1.807) is 6.07 Å². The van der Waals surface area contributed by atoms with Gasteiger partial charge in [-0.1, -0.05) is 36.8 Å². The lowest BCUT2D eigenvalue weighted by molar-refractivity contribution is -0.116. The highest BCUT2D eigenvalue weighted by Gasteiger charge is 2.24. The maximum atomic E-state index is 12.7. The molecule has 3 unspecified atom stereocenters. The van der Waals surface area contributed by atoms with E-state index in [1.807, 2.05) is 42.5 Å². The summed E-state index contributed by atoms with van der Waals surface area (Å²) < 4.78 is 0. The third-order valence-electron chi connectivity index (χ3n) is 6.25. The van der Waals surface area contributed by atoms with Gasteiger partial charge in [0.15, 0.2) is 0 Å². The molecule has 6 nitrogen and oxygen atoms in total. The van der Waals surface area contributed by atoms with Crippen molar-refractivity contribution in [3.8, 4) is 0 Å². The molecule has 0 saturated heterocycles. The molecule has 158 valence electrons. The molecule has 0 aromatic heterocycles. The number of rotatable bonds is 5. The van der Waals surface area contributed by atoms with E-state index in [0.717, 1.165) is 30.6 Å². The van der Waals surface area contributed by atoms with Crippen LogP contribution in [0.2, 0.25) is 0 Å². The molecule has 0 radical (unpaired) electrons. The summed E-state index contributed by atoms with van der Waals surface area (Å²) in [7, 11) is 0. The molecule has 1 aliphatic carbocycles. The lowest BCUT2D eigenvalue weighted by Crippen LogP contribution is -2.33. The Labute approximate surface area is 177 Å². The Morgan fingerprint density at radius 1 is 1.07 bits per heavy atom. The van der Waals surface area contributed by atoms with Crippen LogP contribution in [0.25, 0.3) is 0 Å². The summed E-state index contributed by atoms with van der Waals surface area (Å²) in [6.45, 7) is 1.40. The molecule has 0 bridgehead atoms. The van der Waals surface area contributed by atoms with Crippen molar-refractivity contribution in [1.29, 1.82) is 0 Å². The zero-order valence-corrected chi connectivity index (χ0v) is 17.2. The predicted molar refractivity (Wildman–Crippen MR) is 119 cm³/mol. The highest BCUT2D eigenvalue weighted by molar-refractivity contribution is 6.01. The van der Waals surface area contributed by atoms with Gasteiger partial charge < -0.3 is 21.7 Å². The second-order valence-corrected chi connectivity index (χ2v) is 8.46. The fourth-order valence-corrected chi connectivity index (χ4v) is 4.57. The first-order valence-corrected chi connectivity index (χ1v) is 10.9. The average molecular weight is 407 g/mol. The Kier molecular flexibility index (Phi) is 6.33. The first-order valence-electron chi connectivity index (χ1n) is 10.9. The van der Waals surface area contributed by atoms with Crippen LogP contribution >= 0.6 is 0 Å². The molecule has 2 aliphatic rings. The number of hydrogen-bond donors (Lipinski definition) is 4. The number of amides is 2. The van der Waals surface area contributed by atoms with Crippen LogP contribution in [0.15, 0.2) is 48.5 Å². The molecule has 0 spiro atoms. The van der Waals surface area contributed by atoms with Crippen LogP contribution in [-0.2, 0) is 4.79 Å². The van der Waals surface area contributed by atoms with Crippen molar-refractivity contribution in [1.82, 2.24) is 5.32 Å². The number of carbonyl (C=O) groups excluding carboxylic acids is 2. The van der Waals surface area contributed by atoms with Crippen LogP contribution in [0.1, 0.15) is 54.1 Å². The molecule has 6 heteroatoms. The van der Waals surface area contributed by atoms with Crippen LogP contribution < -0.4 is 21.7 Å².